The van der Waals surface area contributed by atoms with Crippen molar-refractivity contribution in [1.82, 2.24) is 0 Å². The predicted octanol–water partition coefficient (Wildman–Crippen LogP) is 3.82. The maximum atomic E-state index is 12.4. The van der Waals surface area contributed by atoms with Gasteiger partial charge in [-0.1, -0.05) is 22.4 Å². The van der Waals surface area contributed by atoms with Crippen LogP contribution in [0.25, 0.3) is 0 Å². The fourth-order valence-corrected chi connectivity index (χ4v) is 3.13. The molecule has 1 aromatic rings. The van der Waals surface area contributed by atoms with Crippen molar-refractivity contribution >= 4 is 27.5 Å². The van der Waals surface area contributed by atoms with E-state index in [1.54, 1.807) is 24.3 Å². The van der Waals surface area contributed by atoms with E-state index >= 15 is 0 Å². The Morgan fingerprint density at radius 3 is 2.40 bits per heavy atom. The first-order valence-electron chi connectivity index (χ1n) is 6.86. The number of ketones is 2. The topological polar surface area (TPSA) is 43.4 Å². The van der Waals surface area contributed by atoms with E-state index in [0.29, 0.717) is 5.56 Å². The fraction of sp³-hybridized carbons (Fsp3) is 0.375. The van der Waals surface area contributed by atoms with Gasteiger partial charge in [-0.2, -0.15) is 0 Å². The Kier molecular flexibility index (Phi) is 3.50. The molecule has 20 heavy (non-hydrogen) atoms. The maximum absolute atomic E-state index is 12.4. The van der Waals surface area contributed by atoms with Gasteiger partial charge in [0.25, 0.3) is 0 Å². The molecular formula is C16H15BrO3. The number of hydrogen-bond donors (Lipinski definition) is 0. The zero-order chi connectivity index (χ0) is 14.2. The lowest BCUT2D eigenvalue weighted by Gasteiger charge is -2.31. The fourth-order valence-electron chi connectivity index (χ4n) is 2.87. The second kappa shape index (κ2) is 5.17. The van der Waals surface area contributed by atoms with Crippen molar-refractivity contribution in [2.45, 2.75) is 37.7 Å². The molecule has 2 aliphatic rings. The van der Waals surface area contributed by atoms with Gasteiger partial charge in [-0.05, 0) is 49.9 Å². The summed E-state index contributed by atoms with van der Waals surface area (Å²) < 4.78 is 6.71. The second-order valence-electron chi connectivity index (χ2n) is 5.37. The van der Waals surface area contributed by atoms with Gasteiger partial charge in [0.15, 0.2) is 11.4 Å². The summed E-state index contributed by atoms with van der Waals surface area (Å²) in [7, 11) is 0. The van der Waals surface area contributed by atoms with Gasteiger partial charge in [-0.15, -0.1) is 0 Å². The molecule has 0 amide bonds. The summed E-state index contributed by atoms with van der Waals surface area (Å²) in [5.41, 5.74) is -0.210. The predicted molar refractivity (Wildman–Crippen MR) is 78.5 cm³/mol. The van der Waals surface area contributed by atoms with Gasteiger partial charge in [0.1, 0.15) is 0 Å². The minimum Gasteiger partial charge on any atom is -0.475 e. The van der Waals surface area contributed by atoms with Crippen molar-refractivity contribution in [2.75, 3.05) is 0 Å². The van der Waals surface area contributed by atoms with Crippen molar-refractivity contribution in [3.05, 3.63) is 46.1 Å². The molecular weight excluding hydrogens is 320 g/mol. The molecule has 0 bridgehead atoms. The largest absolute Gasteiger partial charge is 0.475 e. The van der Waals surface area contributed by atoms with E-state index < -0.39 is 5.60 Å². The highest BCUT2D eigenvalue weighted by Crippen LogP contribution is 2.39. The van der Waals surface area contributed by atoms with E-state index in [4.69, 9.17) is 4.74 Å². The first-order chi connectivity index (χ1) is 9.61. The molecule has 0 N–H and O–H groups in total. The summed E-state index contributed by atoms with van der Waals surface area (Å²) in [6.07, 6.45) is 5.93. The highest BCUT2D eigenvalue weighted by atomic mass is 79.9. The first kappa shape index (κ1) is 13.6. The molecule has 0 saturated heterocycles. The van der Waals surface area contributed by atoms with Gasteiger partial charge in [0, 0.05) is 16.1 Å². The van der Waals surface area contributed by atoms with Gasteiger partial charge in [0.05, 0.1) is 0 Å². The van der Waals surface area contributed by atoms with Crippen molar-refractivity contribution in [1.29, 1.82) is 0 Å². The standard InChI is InChI=1S/C16H15BrO3/c17-12-6-4-11(5-7-12)15(19)13-10-14(18)16(20-13)8-2-1-3-9-16/h4-7,10H,1-3,8-9H2. The third-order valence-corrected chi connectivity index (χ3v) is 4.54. The average Bonchev–Trinajstić information content (AvgIpc) is 2.77. The lowest BCUT2D eigenvalue weighted by atomic mass is 9.82. The van der Waals surface area contributed by atoms with Crippen LogP contribution in [0.3, 0.4) is 0 Å². The minimum atomic E-state index is -0.751. The molecule has 1 fully saturated rings. The number of carbonyl (C=O) groups excluding carboxylic acids is 2. The van der Waals surface area contributed by atoms with E-state index in [1.807, 2.05) is 0 Å². The molecule has 0 atom stereocenters. The molecule has 0 radical (unpaired) electrons. The summed E-state index contributed by atoms with van der Waals surface area (Å²) in [6, 6.07) is 7.07. The summed E-state index contributed by atoms with van der Waals surface area (Å²) in [5, 5.41) is 0. The number of Topliss-reactive ketones (excluding diaryl/α,β-unsaturated/α-hetero) is 1. The van der Waals surface area contributed by atoms with Crippen LogP contribution in [0, 0.1) is 0 Å². The van der Waals surface area contributed by atoms with E-state index in [2.05, 4.69) is 15.9 Å². The average molecular weight is 335 g/mol. The van der Waals surface area contributed by atoms with Crippen LogP contribution in [0.2, 0.25) is 0 Å². The van der Waals surface area contributed by atoms with Crippen LogP contribution < -0.4 is 0 Å². The molecule has 1 aromatic carbocycles. The lowest BCUT2D eigenvalue weighted by molar-refractivity contribution is -0.132. The maximum Gasteiger partial charge on any atom is 0.227 e. The summed E-state index contributed by atoms with van der Waals surface area (Å²) in [6.45, 7) is 0. The number of rotatable bonds is 2. The van der Waals surface area contributed by atoms with Gasteiger partial charge in [-0.25, -0.2) is 0 Å². The van der Waals surface area contributed by atoms with Crippen LogP contribution >= 0.6 is 15.9 Å². The number of allylic oxidation sites excluding steroid dienone is 1. The summed E-state index contributed by atoms with van der Waals surface area (Å²) in [4.78, 5) is 24.6. The molecule has 1 saturated carbocycles. The molecule has 1 heterocycles. The normalized spacial score (nSPS) is 20.6. The molecule has 104 valence electrons. The Labute approximate surface area is 126 Å². The van der Waals surface area contributed by atoms with Crippen molar-refractivity contribution in [3.63, 3.8) is 0 Å². The molecule has 3 rings (SSSR count). The highest BCUT2D eigenvalue weighted by Gasteiger charge is 2.46. The Morgan fingerprint density at radius 1 is 1.10 bits per heavy atom. The van der Waals surface area contributed by atoms with Crippen LogP contribution in [0.1, 0.15) is 42.5 Å². The number of halogens is 1. The van der Waals surface area contributed by atoms with Crippen LogP contribution in [0.15, 0.2) is 40.6 Å². The molecule has 4 heteroatoms. The number of hydrogen-bond acceptors (Lipinski definition) is 3. The summed E-state index contributed by atoms with van der Waals surface area (Å²) in [5.74, 6) is -0.0646. The monoisotopic (exact) mass is 334 g/mol. The zero-order valence-corrected chi connectivity index (χ0v) is 12.6. The van der Waals surface area contributed by atoms with Crippen LogP contribution in [-0.4, -0.2) is 17.2 Å². The summed E-state index contributed by atoms with van der Waals surface area (Å²) >= 11 is 3.33. The number of benzene rings is 1. The Morgan fingerprint density at radius 2 is 1.75 bits per heavy atom. The Bertz CT molecular complexity index is 580. The van der Waals surface area contributed by atoms with Gasteiger partial charge >= 0.3 is 0 Å². The Balaban J connectivity index is 1.82. The van der Waals surface area contributed by atoms with E-state index in [9.17, 15) is 9.59 Å². The van der Waals surface area contributed by atoms with Gasteiger partial charge < -0.3 is 4.74 Å². The molecule has 1 aliphatic heterocycles. The van der Waals surface area contributed by atoms with Crippen LogP contribution in [0.4, 0.5) is 0 Å². The molecule has 1 aliphatic carbocycles. The van der Waals surface area contributed by atoms with Gasteiger partial charge in [-0.3, -0.25) is 9.59 Å². The minimum absolute atomic E-state index is 0.0438. The quantitative estimate of drug-likeness (QED) is 0.772. The molecule has 1 spiro atoms. The van der Waals surface area contributed by atoms with Crippen LogP contribution in [-0.2, 0) is 9.53 Å². The van der Waals surface area contributed by atoms with Crippen molar-refractivity contribution in [2.24, 2.45) is 0 Å². The second-order valence-corrected chi connectivity index (χ2v) is 6.28. The van der Waals surface area contributed by atoms with E-state index in [1.165, 1.54) is 6.08 Å². The van der Waals surface area contributed by atoms with Crippen molar-refractivity contribution in [3.8, 4) is 0 Å². The van der Waals surface area contributed by atoms with E-state index in [0.717, 1.165) is 36.6 Å². The van der Waals surface area contributed by atoms with E-state index in [-0.39, 0.29) is 17.3 Å². The highest BCUT2D eigenvalue weighted by molar-refractivity contribution is 9.10. The zero-order valence-electron chi connectivity index (χ0n) is 11.0. The van der Waals surface area contributed by atoms with Crippen molar-refractivity contribution < 1.29 is 14.3 Å². The lowest BCUT2D eigenvalue weighted by Crippen LogP contribution is -2.38. The Hall–Kier alpha value is -1.42. The number of ether oxygens (including phenoxy) is 1. The van der Waals surface area contributed by atoms with Crippen LogP contribution in [0.5, 0.6) is 0 Å². The molecule has 0 aromatic heterocycles. The van der Waals surface area contributed by atoms with Gasteiger partial charge in [0.2, 0.25) is 11.6 Å². The molecule has 3 nitrogen and oxygen atoms in total. The SMILES string of the molecule is O=C(C1=CC(=O)C2(CCCCC2)O1)c1ccc(Br)cc1. The molecule has 0 unspecified atom stereocenters. The third-order valence-electron chi connectivity index (χ3n) is 4.01. The number of carbonyl (C=O) groups is 2. The first-order valence-corrected chi connectivity index (χ1v) is 7.65. The third kappa shape index (κ3) is 2.33. The smallest absolute Gasteiger partial charge is 0.227 e.